The molecule has 0 heterocycles. The molecule has 178 valence electrons. The summed E-state index contributed by atoms with van der Waals surface area (Å²) >= 11 is 0. The van der Waals surface area contributed by atoms with Crippen LogP contribution in [0.4, 0.5) is 15.8 Å². The number of amides is 2. The molecule has 0 aromatic heterocycles. The number of nitrogens with one attached hydrogen (secondary N) is 3. The van der Waals surface area contributed by atoms with E-state index in [1.165, 1.54) is 37.4 Å². The Morgan fingerprint density at radius 3 is 2.35 bits per heavy atom. The number of hydrogen-bond acceptors (Lipinski definition) is 5. The first-order valence-corrected chi connectivity index (χ1v) is 11.7. The molecule has 0 aliphatic rings. The van der Waals surface area contributed by atoms with Gasteiger partial charge in [-0.2, -0.15) is 0 Å². The predicted molar refractivity (Wildman–Crippen MR) is 127 cm³/mol. The van der Waals surface area contributed by atoms with Crippen LogP contribution < -0.4 is 20.1 Å². The highest BCUT2D eigenvalue weighted by Gasteiger charge is 2.19. The second-order valence-corrected chi connectivity index (χ2v) is 9.21. The molecule has 3 N–H and O–H groups in total. The molecule has 3 aromatic carbocycles. The molecule has 0 aliphatic heterocycles. The van der Waals surface area contributed by atoms with Crippen molar-refractivity contribution in [2.75, 3.05) is 23.7 Å². The van der Waals surface area contributed by atoms with Gasteiger partial charge in [-0.05, 0) is 73.5 Å². The van der Waals surface area contributed by atoms with Gasteiger partial charge in [0.05, 0.1) is 24.2 Å². The minimum absolute atomic E-state index is 0.0999. The van der Waals surface area contributed by atoms with Gasteiger partial charge in [-0.1, -0.05) is 12.1 Å². The van der Waals surface area contributed by atoms with Crippen LogP contribution in [0.5, 0.6) is 5.75 Å². The number of rotatable bonds is 8. The summed E-state index contributed by atoms with van der Waals surface area (Å²) < 4.78 is 46.1. The number of aryl methyl sites for hydroxylation is 2. The van der Waals surface area contributed by atoms with Crippen molar-refractivity contribution in [1.29, 1.82) is 0 Å². The third-order valence-corrected chi connectivity index (χ3v) is 6.28. The fourth-order valence-electron chi connectivity index (χ4n) is 3.11. The zero-order valence-corrected chi connectivity index (χ0v) is 19.6. The average Bonchev–Trinajstić information content (AvgIpc) is 2.79. The lowest BCUT2D eigenvalue weighted by Gasteiger charge is -2.13. The lowest BCUT2D eigenvalue weighted by molar-refractivity contribution is -0.115. The largest absolute Gasteiger partial charge is 0.495 e. The molecule has 0 saturated heterocycles. The van der Waals surface area contributed by atoms with Crippen LogP contribution in [0.15, 0.2) is 65.6 Å². The monoisotopic (exact) mass is 485 g/mol. The van der Waals surface area contributed by atoms with Gasteiger partial charge >= 0.3 is 0 Å². The maximum Gasteiger partial charge on any atom is 0.261 e. The van der Waals surface area contributed by atoms with Crippen molar-refractivity contribution in [2.45, 2.75) is 18.7 Å². The Kier molecular flexibility index (Phi) is 7.52. The zero-order chi connectivity index (χ0) is 24.9. The van der Waals surface area contributed by atoms with Gasteiger partial charge in [0, 0.05) is 11.3 Å². The van der Waals surface area contributed by atoms with Crippen molar-refractivity contribution in [3.05, 3.63) is 83.2 Å². The number of methoxy groups -OCH3 is 1. The van der Waals surface area contributed by atoms with Gasteiger partial charge in [0.15, 0.2) is 0 Å². The van der Waals surface area contributed by atoms with Crippen molar-refractivity contribution >= 4 is 33.2 Å². The van der Waals surface area contributed by atoms with Gasteiger partial charge < -0.3 is 15.4 Å². The molecule has 10 heteroatoms. The summed E-state index contributed by atoms with van der Waals surface area (Å²) in [5.74, 6) is -1.10. The summed E-state index contributed by atoms with van der Waals surface area (Å²) in [4.78, 5) is 24.9. The van der Waals surface area contributed by atoms with Gasteiger partial charge in [-0.3, -0.25) is 14.3 Å². The molecular formula is C24H24FN3O5S. The Bertz CT molecular complexity index is 1320. The Labute approximate surface area is 197 Å². The van der Waals surface area contributed by atoms with E-state index in [1.807, 2.05) is 13.0 Å². The number of ether oxygens (including phenoxy) is 1. The van der Waals surface area contributed by atoms with Gasteiger partial charge in [-0.15, -0.1) is 0 Å². The summed E-state index contributed by atoms with van der Waals surface area (Å²) in [6.45, 7) is 3.18. The van der Waals surface area contributed by atoms with E-state index in [1.54, 1.807) is 19.1 Å². The third kappa shape index (κ3) is 6.10. The van der Waals surface area contributed by atoms with E-state index in [4.69, 9.17) is 4.74 Å². The van der Waals surface area contributed by atoms with Crippen LogP contribution in [0.3, 0.4) is 0 Å². The third-order valence-electron chi connectivity index (χ3n) is 4.90. The summed E-state index contributed by atoms with van der Waals surface area (Å²) in [7, 11) is -2.55. The van der Waals surface area contributed by atoms with E-state index in [-0.39, 0.29) is 22.7 Å². The molecule has 0 bridgehead atoms. The molecule has 0 spiro atoms. The van der Waals surface area contributed by atoms with E-state index in [2.05, 4.69) is 15.4 Å². The van der Waals surface area contributed by atoms with Crippen molar-refractivity contribution in [3.8, 4) is 5.75 Å². The quantitative estimate of drug-likeness (QED) is 0.451. The molecule has 0 aliphatic carbocycles. The number of carbonyl (C=O) groups excluding carboxylic acids is 2. The maximum absolute atomic E-state index is 13.1. The number of benzene rings is 3. The highest BCUT2D eigenvalue weighted by Crippen LogP contribution is 2.25. The first-order valence-electron chi connectivity index (χ1n) is 10.2. The van der Waals surface area contributed by atoms with Crippen molar-refractivity contribution in [2.24, 2.45) is 0 Å². The van der Waals surface area contributed by atoms with Crippen molar-refractivity contribution in [3.63, 3.8) is 0 Å². The molecule has 0 fully saturated rings. The molecule has 8 nitrogen and oxygen atoms in total. The summed E-state index contributed by atoms with van der Waals surface area (Å²) in [6, 6.07) is 14.2. The molecule has 34 heavy (non-hydrogen) atoms. The van der Waals surface area contributed by atoms with Crippen LogP contribution in [0.1, 0.15) is 21.5 Å². The Hall–Kier alpha value is -3.92. The number of halogens is 1. The Balaban J connectivity index is 1.70. The van der Waals surface area contributed by atoms with Crippen LogP contribution in [0.2, 0.25) is 0 Å². The summed E-state index contributed by atoms with van der Waals surface area (Å²) in [5.41, 5.74) is 2.19. The van der Waals surface area contributed by atoms with Crippen LogP contribution in [-0.2, 0) is 14.8 Å². The Morgan fingerprint density at radius 2 is 1.68 bits per heavy atom. The maximum atomic E-state index is 13.1. The minimum Gasteiger partial charge on any atom is -0.495 e. The number of anilines is 2. The minimum atomic E-state index is -4.03. The topological polar surface area (TPSA) is 114 Å². The number of hydrogen-bond donors (Lipinski definition) is 3. The Morgan fingerprint density at radius 1 is 0.971 bits per heavy atom. The van der Waals surface area contributed by atoms with E-state index in [9.17, 15) is 22.4 Å². The molecular weight excluding hydrogens is 461 g/mol. The van der Waals surface area contributed by atoms with Crippen LogP contribution in [0.25, 0.3) is 0 Å². The highest BCUT2D eigenvalue weighted by molar-refractivity contribution is 7.92. The van der Waals surface area contributed by atoms with Crippen LogP contribution in [0, 0.1) is 19.7 Å². The molecule has 0 radical (unpaired) electrons. The lowest BCUT2D eigenvalue weighted by Crippen LogP contribution is -2.33. The van der Waals surface area contributed by atoms with E-state index in [0.717, 1.165) is 17.7 Å². The molecule has 0 saturated carbocycles. The first kappa shape index (κ1) is 24.7. The molecule has 0 unspecified atom stereocenters. The van der Waals surface area contributed by atoms with Gasteiger partial charge in [-0.25, -0.2) is 12.8 Å². The average molecular weight is 486 g/mol. The fourth-order valence-corrected chi connectivity index (χ4v) is 4.20. The normalized spacial score (nSPS) is 10.9. The molecule has 2 amide bonds. The molecule has 3 rings (SSSR count). The zero-order valence-electron chi connectivity index (χ0n) is 18.8. The standard InChI is InChI=1S/C24H24FN3O5S/c1-15-4-11-22(33-3)21(12-15)27-23(29)14-26-24(30)20-13-19(10-5-16(20)2)34(31,32)28-18-8-6-17(25)7-9-18/h4-13,28H,14H2,1-3H3,(H,26,30)(H,27,29). The first-order chi connectivity index (χ1) is 16.1. The smallest absolute Gasteiger partial charge is 0.261 e. The molecule has 3 aromatic rings. The van der Waals surface area contributed by atoms with Crippen LogP contribution >= 0.6 is 0 Å². The highest BCUT2D eigenvalue weighted by atomic mass is 32.2. The van der Waals surface area contributed by atoms with Gasteiger partial charge in [0.2, 0.25) is 5.91 Å². The van der Waals surface area contributed by atoms with Gasteiger partial charge in [0.25, 0.3) is 15.9 Å². The van der Waals surface area contributed by atoms with Gasteiger partial charge in [0.1, 0.15) is 11.6 Å². The SMILES string of the molecule is COc1ccc(C)cc1NC(=O)CNC(=O)c1cc(S(=O)(=O)Nc2ccc(F)cc2)ccc1C. The lowest BCUT2D eigenvalue weighted by atomic mass is 10.1. The van der Waals surface area contributed by atoms with Crippen molar-refractivity contribution < 1.29 is 27.1 Å². The van der Waals surface area contributed by atoms with E-state index < -0.39 is 27.7 Å². The summed E-state index contributed by atoms with van der Waals surface area (Å²) in [5, 5.41) is 5.18. The van der Waals surface area contributed by atoms with E-state index in [0.29, 0.717) is 17.0 Å². The fraction of sp³-hybridized carbons (Fsp3) is 0.167. The summed E-state index contributed by atoms with van der Waals surface area (Å²) in [6.07, 6.45) is 0. The molecule has 0 atom stereocenters. The van der Waals surface area contributed by atoms with Crippen LogP contribution in [-0.4, -0.2) is 33.9 Å². The van der Waals surface area contributed by atoms with E-state index >= 15 is 0 Å². The predicted octanol–water partition coefficient (Wildman–Crippen LogP) is 3.62. The second kappa shape index (κ2) is 10.3. The number of sulfonamides is 1. The second-order valence-electron chi connectivity index (χ2n) is 7.52. The van der Waals surface area contributed by atoms with Crippen molar-refractivity contribution in [1.82, 2.24) is 5.32 Å². The number of carbonyl (C=O) groups is 2.